The van der Waals surface area contributed by atoms with Gasteiger partial charge in [0.25, 0.3) is 0 Å². The van der Waals surface area contributed by atoms with Gasteiger partial charge in [-0.3, -0.25) is 0 Å². The first-order valence-corrected chi connectivity index (χ1v) is 23.4. The molecule has 4 heteroatoms. The van der Waals surface area contributed by atoms with E-state index in [1.807, 2.05) is 0 Å². The molecule has 0 saturated carbocycles. The van der Waals surface area contributed by atoms with Gasteiger partial charge in [0.15, 0.2) is 11.2 Å². The van der Waals surface area contributed by atoms with Crippen LogP contribution >= 0.6 is 0 Å². The summed E-state index contributed by atoms with van der Waals surface area (Å²) in [6.45, 7) is 17.7. The molecule has 0 N–H and O–H groups in total. The van der Waals surface area contributed by atoms with Crippen LogP contribution in [0.4, 0.5) is 34.1 Å². The van der Waals surface area contributed by atoms with Gasteiger partial charge in [0.1, 0.15) is 11.2 Å². The number of hydrogen-bond acceptors (Lipinski definition) is 4. The molecule has 10 aromatic carbocycles. The molecule has 0 spiro atoms. The summed E-state index contributed by atoms with van der Waals surface area (Å²) in [7, 11) is 0. The van der Waals surface area contributed by atoms with Crippen molar-refractivity contribution < 1.29 is 8.83 Å². The minimum Gasteiger partial charge on any atom is -0.454 e. The Morgan fingerprint density at radius 2 is 0.697 bits per heavy atom. The molecule has 0 unspecified atom stereocenters. The minimum atomic E-state index is 0.325. The Morgan fingerprint density at radius 1 is 0.333 bits per heavy atom. The standard InChI is InChI=1S/C62H52N2O2/c1-35(2)43-13-9-15-45-47-17-11-19-55(61(47)65-59(43)45)63(51-29-21-37(5)33-39(51)7)53-31-25-41-24-28-50-54(32-26-42-23-27-49(53)57(41)58(42)50)64(52-30-22-38(6)34-40(52)8)56-20-12-18-48-46-16-10-14-44(36(3)4)60(46)66-62(48)56/h9-36H,1-8H3. The van der Waals surface area contributed by atoms with E-state index in [0.717, 1.165) is 78.0 Å². The molecule has 0 bridgehead atoms. The van der Waals surface area contributed by atoms with E-state index in [4.69, 9.17) is 8.83 Å². The number of nitrogens with zero attached hydrogens (tertiary/aromatic N) is 2. The van der Waals surface area contributed by atoms with Crippen molar-refractivity contribution in [2.24, 2.45) is 0 Å². The van der Waals surface area contributed by atoms with Crippen molar-refractivity contribution in [2.45, 2.75) is 67.2 Å². The summed E-state index contributed by atoms with van der Waals surface area (Å²) < 4.78 is 14.1. The molecule has 0 aliphatic rings. The van der Waals surface area contributed by atoms with Crippen molar-refractivity contribution in [1.82, 2.24) is 0 Å². The maximum atomic E-state index is 7.04. The SMILES string of the molecule is Cc1ccc(N(c2ccc3ccc4c(N(c5ccc(C)cc5C)c5cccc6c5oc5c(C(C)C)cccc56)ccc5ccc2c3c54)c2cccc3c2oc2c(C(C)C)cccc23)c(C)c1. The molecule has 322 valence electrons. The van der Waals surface area contributed by atoms with Gasteiger partial charge in [-0.2, -0.15) is 0 Å². The topological polar surface area (TPSA) is 32.8 Å². The van der Waals surface area contributed by atoms with Crippen LogP contribution in [0.5, 0.6) is 0 Å². The lowest BCUT2D eigenvalue weighted by Gasteiger charge is -2.30. The zero-order valence-electron chi connectivity index (χ0n) is 38.9. The van der Waals surface area contributed by atoms with Gasteiger partial charge in [-0.05, 0) is 120 Å². The number of aryl methyl sites for hydroxylation is 4. The number of furan rings is 2. The lowest BCUT2D eigenvalue weighted by atomic mass is 9.91. The van der Waals surface area contributed by atoms with Gasteiger partial charge in [0.05, 0.1) is 22.7 Å². The summed E-state index contributed by atoms with van der Waals surface area (Å²) in [5.41, 5.74) is 17.5. The van der Waals surface area contributed by atoms with Crippen molar-refractivity contribution in [3.63, 3.8) is 0 Å². The van der Waals surface area contributed by atoms with Crippen LogP contribution in [0, 0.1) is 27.7 Å². The summed E-state index contributed by atoms with van der Waals surface area (Å²) in [5.74, 6) is 0.650. The fraction of sp³-hybridized carbons (Fsp3) is 0.161. The monoisotopic (exact) mass is 856 g/mol. The molecular formula is C62H52N2O2. The van der Waals surface area contributed by atoms with Gasteiger partial charge in [0.2, 0.25) is 0 Å². The van der Waals surface area contributed by atoms with Crippen LogP contribution in [-0.4, -0.2) is 0 Å². The van der Waals surface area contributed by atoms with E-state index >= 15 is 0 Å². The second kappa shape index (κ2) is 15.0. The maximum absolute atomic E-state index is 7.04. The molecule has 0 radical (unpaired) electrons. The van der Waals surface area contributed by atoms with Crippen molar-refractivity contribution in [3.05, 3.63) is 191 Å². The van der Waals surface area contributed by atoms with Crippen molar-refractivity contribution in [3.8, 4) is 0 Å². The van der Waals surface area contributed by atoms with Crippen LogP contribution in [-0.2, 0) is 0 Å². The number of para-hydroxylation sites is 4. The Kier molecular flexibility index (Phi) is 9.09. The third-order valence-corrected chi connectivity index (χ3v) is 14.1. The van der Waals surface area contributed by atoms with Crippen molar-refractivity contribution >= 4 is 110 Å². The molecule has 2 aromatic heterocycles. The highest BCUT2D eigenvalue weighted by Gasteiger charge is 2.27. The molecule has 0 aliphatic carbocycles. The number of anilines is 6. The van der Waals surface area contributed by atoms with Gasteiger partial charge >= 0.3 is 0 Å². The average molecular weight is 857 g/mol. The van der Waals surface area contributed by atoms with Crippen LogP contribution in [0.25, 0.3) is 76.2 Å². The first-order valence-electron chi connectivity index (χ1n) is 23.4. The van der Waals surface area contributed by atoms with E-state index in [2.05, 4.69) is 223 Å². The van der Waals surface area contributed by atoms with E-state index in [-0.39, 0.29) is 0 Å². The lowest BCUT2D eigenvalue weighted by molar-refractivity contribution is 0.657. The normalized spacial score (nSPS) is 12.2. The maximum Gasteiger partial charge on any atom is 0.159 e. The van der Waals surface area contributed by atoms with Gasteiger partial charge in [-0.1, -0.05) is 160 Å². The van der Waals surface area contributed by atoms with Crippen LogP contribution in [0.15, 0.2) is 167 Å². The van der Waals surface area contributed by atoms with E-state index in [0.29, 0.717) is 11.8 Å². The average Bonchev–Trinajstić information content (AvgIpc) is 3.90. The predicted octanol–water partition coefficient (Wildman–Crippen LogP) is 18.8. The number of benzene rings is 10. The van der Waals surface area contributed by atoms with E-state index in [9.17, 15) is 0 Å². The zero-order valence-corrected chi connectivity index (χ0v) is 38.9. The number of rotatable bonds is 8. The molecule has 0 amide bonds. The summed E-state index contributed by atoms with van der Waals surface area (Å²) in [5, 5.41) is 11.8. The Morgan fingerprint density at radius 3 is 1.09 bits per heavy atom. The summed E-state index contributed by atoms with van der Waals surface area (Å²) in [6.07, 6.45) is 0. The quantitative estimate of drug-likeness (QED) is 0.143. The van der Waals surface area contributed by atoms with Gasteiger partial charge in [-0.15, -0.1) is 0 Å². The lowest BCUT2D eigenvalue weighted by Crippen LogP contribution is -2.13. The van der Waals surface area contributed by atoms with E-state index < -0.39 is 0 Å². The molecular weight excluding hydrogens is 805 g/mol. The molecule has 0 atom stereocenters. The summed E-state index contributed by atoms with van der Waals surface area (Å²) >= 11 is 0. The Bertz CT molecular complexity index is 3650. The minimum absolute atomic E-state index is 0.325. The van der Waals surface area contributed by atoms with Crippen LogP contribution in [0.2, 0.25) is 0 Å². The Balaban J connectivity index is 1.14. The highest BCUT2D eigenvalue weighted by Crippen LogP contribution is 2.51. The fourth-order valence-corrected chi connectivity index (χ4v) is 11.0. The fourth-order valence-electron chi connectivity index (χ4n) is 11.0. The molecule has 4 nitrogen and oxygen atoms in total. The summed E-state index contributed by atoms with van der Waals surface area (Å²) in [4.78, 5) is 4.88. The van der Waals surface area contributed by atoms with E-state index in [1.54, 1.807) is 0 Å². The van der Waals surface area contributed by atoms with Crippen LogP contribution in [0.1, 0.15) is 72.9 Å². The first kappa shape index (κ1) is 40.0. The molecule has 66 heavy (non-hydrogen) atoms. The summed E-state index contributed by atoms with van der Waals surface area (Å²) in [6, 6.07) is 58.4. The second-order valence-electron chi connectivity index (χ2n) is 19.1. The zero-order chi connectivity index (χ0) is 45.1. The van der Waals surface area contributed by atoms with Gasteiger partial charge in [-0.25, -0.2) is 0 Å². The molecule has 0 fully saturated rings. The van der Waals surface area contributed by atoms with Crippen LogP contribution in [0.3, 0.4) is 0 Å². The molecule has 12 rings (SSSR count). The molecule has 0 saturated heterocycles. The van der Waals surface area contributed by atoms with Gasteiger partial charge in [0, 0.05) is 43.7 Å². The molecule has 2 heterocycles. The Hall–Kier alpha value is -7.56. The first-order chi connectivity index (χ1) is 32.0. The second-order valence-corrected chi connectivity index (χ2v) is 19.1. The third-order valence-electron chi connectivity index (χ3n) is 14.1. The largest absolute Gasteiger partial charge is 0.454 e. The van der Waals surface area contributed by atoms with E-state index in [1.165, 1.54) is 65.7 Å². The Labute approximate surface area is 385 Å². The van der Waals surface area contributed by atoms with Gasteiger partial charge < -0.3 is 18.6 Å². The van der Waals surface area contributed by atoms with Crippen molar-refractivity contribution in [2.75, 3.05) is 9.80 Å². The highest BCUT2D eigenvalue weighted by atomic mass is 16.3. The predicted molar refractivity (Wildman–Crippen MR) is 281 cm³/mol. The number of fused-ring (bicyclic) bond motifs is 6. The number of hydrogen-bond donors (Lipinski definition) is 0. The third kappa shape index (κ3) is 5.97. The molecule has 12 aromatic rings. The smallest absolute Gasteiger partial charge is 0.159 e. The molecule has 0 aliphatic heterocycles. The van der Waals surface area contributed by atoms with Crippen molar-refractivity contribution in [1.29, 1.82) is 0 Å². The highest BCUT2D eigenvalue weighted by molar-refractivity contribution is 6.29. The van der Waals surface area contributed by atoms with Crippen LogP contribution < -0.4 is 9.80 Å².